The van der Waals surface area contributed by atoms with Gasteiger partial charge in [0.2, 0.25) is 0 Å². The number of rotatable bonds is 5. The van der Waals surface area contributed by atoms with Gasteiger partial charge in [-0.3, -0.25) is 4.98 Å². The Bertz CT molecular complexity index is 670. The van der Waals surface area contributed by atoms with Crippen molar-refractivity contribution in [2.75, 3.05) is 10.6 Å². The van der Waals surface area contributed by atoms with Crippen molar-refractivity contribution >= 4 is 11.4 Å². The molecule has 0 unspecified atom stereocenters. The lowest BCUT2D eigenvalue weighted by molar-refractivity contribution is 0.800. The minimum atomic E-state index is 0.703. The lowest BCUT2D eigenvalue weighted by Crippen LogP contribution is -2.23. The normalized spacial score (nSPS) is 10.4. The maximum atomic E-state index is 6.12. The molecule has 0 radical (unpaired) electrons. The summed E-state index contributed by atoms with van der Waals surface area (Å²) >= 11 is 0. The second-order valence-corrected chi connectivity index (χ2v) is 5.26. The Balaban J connectivity index is 1.90. The minimum absolute atomic E-state index is 0.703. The van der Waals surface area contributed by atoms with Crippen LogP contribution in [-0.2, 0) is 13.1 Å². The second-order valence-electron chi connectivity index (χ2n) is 5.26. The summed E-state index contributed by atoms with van der Waals surface area (Å²) in [5, 5.41) is 0. The molecule has 3 nitrogen and oxygen atoms in total. The molecule has 3 aromatic rings. The van der Waals surface area contributed by atoms with Gasteiger partial charge in [-0.15, -0.1) is 0 Å². The molecule has 0 amide bonds. The van der Waals surface area contributed by atoms with E-state index in [4.69, 9.17) is 5.73 Å². The molecule has 22 heavy (non-hydrogen) atoms. The van der Waals surface area contributed by atoms with Crippen molar-refractivity contribution in [3.63, 3.8) is 0 Å². The number of hydrogen-bond acceptors (Lipinski definition) is 3. The summed E-state index contributed by atoms with van der Waals surface area (Å²) in [6.45, 7) is 1.62. The molecule has 0 fully saturated rings. The summed E-state index contributed by atoms with van der Waals surface area (Å²) in [5.41, 5.74) is 10.4. The van der Waals surface area contributed by atoms with E-state index in [-0.39, 0.29) is 0 Å². The van der Waals surface area contributed by atoms with E-state index in [1.165, 1.54) is 11.1 Å². The van der Waals surface area contributed by atoms with Gasteiger partial charge in [0.1, 0.15) is 0 Å². The molecule has 0 saturated carbocycles. The predicted octanol–water partition coefficient (Wildman–Crippen LogP) is 3.87. The van der Waals surface area contributed by atoms with Crippen molar-refractivity contribution < 1.29 is 0 Å². The molecule has 0 atom stereocenters. The largest absolute Gasteiger partial charge is 0.396 e. The van der Waals surface area contributed by atoms with Gasteiger partial charge in [0.15, 0.2) is 0 Å². The molecule has 3 heteroatoms. The molecule has 2 aromatic carbocycles. The van der Waals surface area contributed by atoms with Crippen molar-refractivity contribution in [1.29, 1.82) is 0 Å². The first-order valence-corrected chi connectivity index (χ1v) is 7.35. The second kappa shape index (κ2) is 6.76. The van der Waals surface area contributed by atoms with Crippen LogP contribution in [0.4, 0.5) is 11.4 Å². The molecule has 0 bridgehead atoms. The van der Waals surface area contributed by atoms with E-state index in [9.17, 15) is 0 Å². The van der Waals surface area contributed by atoms with Crippen LogP contribution < -0.4 is 10.6 Å². The highest BCUT2D eigenvalue weighted by atomic mass is 15.1. The van der Waals surface area contributed by atoms with Crippen LogP contribution in [0.1, 0.15) is 11.1 Å². The average Bonchev–Trinajstić information content (AvgIpc) is 2.57. The maximum absolute atomic E-state index is 6.12. The molecule has 0 aliphatic carbocycles. The zero-order chi connectivity index (χ0) is 15.2. The Kier molecular flexibility index (Phi) is 4.35. The van der Waals surface area contributed by atoms with Crippen LogP contribution in [0.5, 0.6) is 0 Å². The van der Waals surface area contributed by atoms with Crippen molar-refractivity contribution in [3.05, 3.63) is 90.3 Å². The molecular formula is C19H19N3. The average molecular weight is 289 g/mol. The third-order valence-electron chi connectivity index (χ3n) is 3.60. The molecule has 110 valence electrons. The van der Waals surface area contributed by atoms with Crippen LogP contribution in [0.2, 0.25) is 0 Å². The molecule has 0 aliphatic rings. The monoisotopic (exact) mass is 289 g/mol. The van der Waals surface area contributed by atoms with Crippen LogP contribution >= 0.6 is 0 Å². The fourth-order valence-electron chi connectivity index (χ4n) is 2.52. The Labute approximate surface area is 131 Å². The van der Waals surface area contributed by atoms with E-state index >= 15 is 0 Å². The Morgan fingerprint density at radius 2 is 1.32 bits per heavy atom. The van der Waals surface area contributed by atoms with E-state index in [2.05, 4.69) is 58.4 Å². The van der Waals surface area contributed by atoms with Gasteiger partial charge >= 0.3 is 0 Å². The first kappa shape index (κ1) is 14.1. The Morgan fingerprint density at radius 3 is 1.82 bits per heavy atom. The lowest BCUT2D eigenvalue weighted by Gasteiger charge is -2.26. The summed E-state index contributed by atoms with van der Waals surface area (Å²) in [6.07, 6.45) is 3.49. The number of nitrogen functional groups attached to an aromatic ring is 1. The van der Waals surface area contributed by atoms with Crippen molar-refractivity contribution in [2.24, 2.45) is 0 Å². The van der Waals surface area contributed by atoms with Crippen LogP contribution in [0.3, 0.4) is 0 Å². The predicted molar refractivity (Wildman–Crippen MR) is 91.4 cm³/mol. The van der Waals surface area contributed by atoms with Gasteiger partial charge in [-0.1, -0.05) is 60.7 Å². The molecular weight excluding hydrogens is 270 g/mol. The number of pyridine rings is 1. The summed E-state index contributed by atoms with van der Waals surface area (Å²) in [4.78, 5) is 6.37. The zero-order valence-electron chi connectivity index (χ0n) is 12.4. The van der Waals surface area contributed by atoms with Gasteiger partial charge in [0, 0.05) is 19.3 Å². The fraction of sp³-hybridized carbons (Fsp3) is 0.105. The number of benzene rings is 2. The molecule has 0 spiro atoms. The highest BCUT2D eigenvalue weighted by Crippen LogP contribution is 2.25. The van der Waals surface area contributed by atoms with E-state index < -0.39 is 0 Å². The fourth-order valence-corrected chi connectivity index (χ4v) is 2.52. The van der Waals surface area contributed by atoms with Gasteiger partial charge in [0.05, 0.1) is 17.6 Å². The molecule has 3 rings (SSSR count). The molecule has 0 aliphatic heterocycles. The van der Waals surface area contributed by atoms with Crippen molar-refractivity contribution in [2.45, 2.75) is 13.1 Å². The summed E-state index contributed by atoms with van der Waals surface area (Å²) in [6, 6.07) is 22.8. The van der Waals surface area contributed by atoms with Gasteiger partial charge in [-0.05, 0) is 17.2 Å². The quantitative estimate of drug-likeness (QED) is 0.775. The summed E-state index contributed by atoms with van der Waals surface area (Å²) in [5.74, 6) is 0. The molecule has 0 saturated heterocycles. The smallest absolute Gasteiger partial charge is 0.0738 e. The molecule has 1 heterocycles. The molecule has 2 N–H and O–H groups in total. The first-order valence-electron chi connectivity index (χ1n) is 7.35. The van der Waals surface area contributed by atoms with Crippen molar-refractivity contribution in [3.8, 4) is 0 Å². The third kappa shape index (κ3) is 3.44. The van der Waals surface area contributed by atoms with Crippen LogP contribution in [0.25, 0.3) is 0 Å². The van der Waals surface area contributed by atoms with Crippen LogP contribution in [0, 0.1) is 0 Å². The maximum Gasteiger partial charge on any atom is 0.0738 e. The van der Waals surface area contributed by atoms with Gasteiger partial charge in [0.25, 0.3) is 0 Å². The highest BCUT2D eigenvalue weighted by molar-refractivity contribution is 5.66. The number of nitrogens with two attached hydrogens (primary N) is 1. The minimum Gasteiger partial charge on any atom is -0.396 e. The lowest BCUT2D eigenvalue weighted by atomic mass is 10.1. The van der Waals surface area contributed by atoms with E-state index in [1.54, 1.807) is 12.4 Å². The van der Waals surface area contributed by atoms with Crippen LogP contribution in [0.15, 0.2) is 79.1 Å². The third-order valence-corrected chi connectivity index (χ3v) is 3.60. The number of anilines is 2. The van der Waals surface area contributed by atoms with Gasteiger partial charge in [-0.25, -0.2) is 0 Å². The number of hydrogen-bond donors (Lipinski definition) is 1. The SMILES string of the molecule is Nc1cnccc1N(Cc1ccccc1)Cc1ccccc1. The first-order chi connectivity index (χ1) is 10.8. The standard InChI is InChI=1S/C19H19N3/c20-18-13-21-12-11-19(18)22(14-16-7-3-1-4-8-16)15-17-9-5-2-6-10-17/h1-13H,14-15,20H2. The van der Waals surface area contributed by atoms with Crippen LogP contribution in [-0.4, -0.2) is 4.98 Å². The zero-order valence-corrected chi connectivity index (χ0v) is 12.4. The van der Waals surface area contributed by atoms with E-state index in [0.717, 1.165) is 18.8 Å². The van der Waals surface area contributed by atoms with E-state index in [1.807, 2.05) is 18.2 Å². The summed E-state index contributed by atoms with van der Waals surface area (Å²) < 4.78 is 0. The Morgan fingerprint density at radius 1 is 0.773 bits per heavy atom. The van der Waals surface area contributed by atoms with Gasteiger partial charge in [-0.2, -0.15) is 0 Å². The van der Waals surface area contributed by atoms with E-state index in [0.29, 0.717) is 5.69 Å². The van der Waals surface area contributed by atoms with Gasteiger partial charge < -0.3 is 10.6 Å². The molecule has 1 aromatic heterocycles. The highest BCUT2D eigenvalue weighted by Gasteiger charge is 2.11. The van der Waals surface area contributed by atoms with Crippen molar-refractivity contribution in [1.82, 2.24) is 4.98 Å². The topological polar surface area (TPSA) is 42.1 Å². The number of aromatic nitrogens is 1. The summed E-state index contributed by atoms with van der Waals surface area (Å²) in [7, 11) is 0. The number of nitrogens with zero attached hydrogens (tertiary/aromatic N) is 2. The Hall–Kier alpha value is -2.81.